The molecule has 0 amide bonds. The first-order valence-electron chi connectivity index (χ1n) is 7.75. The zero-order chi connectivity index (χ0) is 16.4. The fraction of sp³-hybridized carbons (Fsp3) is 0.500. The number of nitrogen functional groups attached to an aromatic ring is 1. The number of piperidine rings is 1. The van der Waals surface area contributed by atoms with E-state index in [0.717, 1.165) is 36.8 Å². The minimum atomic E-state index is 0.378. The molecule has 1 aliphatic heterocycles. The first-order chi connectivity index (χ1) is 11.1. The van der Waals surface area contributed by atoms with Crippen molar-refractivity contribution < 1.29 is 9.47 Å². The third-order valence-electron chi connectivity index (χ3n) is 4.28. The Morgan fingerprint density at radius 1 is 1.13 bits per heavy atom. The second-order valence-corrected chi connectivity index (χ2v) is 5.88. The van der Waals surface area contributed by atoms with Crippen molar-refractivity contribution in [3.8, 4) is 11.5 Å². The molecule has 1 aromatic carbocycles. The fourth-order valence-electron chi connectivity index (χ4n) is 2.88. The normalized spacial score (nSPS) is 16.5. The van der Waals surface area contributed by atoms with Gasteiger partial charge in [-0.15, -0.1) is 0 Å². The van der Waals surface area contributed by atoms with Crippen LogP contribution in [0.4, 0.5) is 11.8 Å². The van der Waals surface area contributed by atoms with E-state index in [2.05, 4.69) is 27.2 Å². The smallest absolute Gasteiger partial charge is 0.225 e. The third-order valence-corrected chi connectivity index (χ3v) is 4.28. The van der Waals surface area contributed by atoms with Crippen LogP contribution in [0.3, 0.4) is 0 Å². The van der Waals surface area contributed by atoms with Crippen LogP contribution < -0.4 is 20.5 Å². The molecule has 0 atom stereocenters. The number of fused-ring (bicyclic) bond motifs is 1. The summed E-state index contributed by atoms with van der Waals surface area (Å²) < 4.78 is 10.6. The van der Waals surface area contributed by atoms with E-state index in [1.54, 1.807) is 14.2 Å². The highest BCUT2D eigenvalue weighted by atomic mass is 16.5. The van der Waals surface area contributed by atoms with Gasteiger partial charge >= 0.3 is 0 Å². The lowest BCUT2D eigenvalue weighted by Gasteiger charge is -2.29. The summed E-state index contributed by atoms with van der Waals surface area (Å²) in [4.78, 5) is 11.3. The van der Waals surface area contributed by atoms with E-state index in [9.17, 15) is 0 Å². The predicted octanol–water partition coefficient (Wildman–Crippen LogP) is 1.74. The van der Waals surface area contributed by atoms with Crippen LogP contribution in [-0.2, 0) is 0 Å². The molecule has 0 spiro atoms. The molecular weight excluding hydrogens is 294 g/mol. The molecule has 7 heteroatoms. The minimum Gasteiger partial charge on any atom is -0.493 e. The number of benzene rings is 1. The zero-order valence-electron chi connectivity index (χ0n) is 13.8. The molecule has 2 heterocycles. The second-order valence-electron chi connectivity index (χ2n) is 5.88. The van der Waals surface area contributed by atoms with E-state index in [0.29, 0.717) is 29.3 Å². The molecule has 0 radical (unpaired) electrons. The van der Waals surface area contributed by atoms with E-state index in [4.69, 9.17) is 15.2 Å². The number of ether oxygens (including phenoxy) is 2. The van der Waals surface area contributed by atoms with E-state index in [1.165, 1.54) is 0 Å². The summed E-state index contributed by atoms with van der Waals surface area (Å²) in [6.07, 6.45) is 2.15. The largest absolute Gasteiger partial charge is 0.493 e. The Bertz CT molecular complexity index is 698. The van der Waals surface area contributed by atoms with E-state index in [-0.39, 0.29) is 0 Å². The maximum Gasteiger partial charge on any atom is 0.225 e. The number of aromatic nitrogens is 2. The molecule has 1 aliphatic rings. The van der Waals surface area contributed by atoms with Gasteiger partial charge in [-0.2, -0.15) is 4.98 Å². The standard InChI is InChI=1S/C16H23N5O2/c1-21-6-4-10(5-7-21)18-16-19-12-9-14(23-3)13(22-2)8-11(12)15(17)20-16/h8-10H,4-7H2,1-3H3,(H3,17,18,19,20). The SMILES string of the molecule is COc1cc2nc(NC3CCN(C)CC3)nc(N)c2cc1OC. The first kappa shape index (κ1) is 15.6. The van der Waals surface area contributed by atoms with Crippen molar-refractivity contribution in [1.82, 2.24) is 14.9 Å². The Hall–Kier alpha value is -2.28. The molecule has 3 N–H and O–H groups in total. The van der Waals surface area contributed by atoms with Gasteiger partial charge in [0, 0.05) is 17.5 Å². The lowest BCUT2D eigenvalue weighted by molar-refractivity contribution is 0.263. The summed E-state index contributed by atoms with van der Waals surface area (Å²) in [7, 11) is 5.34. The van der Waals surface area contributed by atoms with Gasteiger partial charge in [0.15, 0.2) is 11.5 Å². The summed E-state index contributed by atoms with van der Waals surface area (Å²) in [6, 6.07) is 4.01. The third kappa shape index (κ3) is 3.24. The minimum absolute atomic E-state index is 0.378. The number of hydrogen-bond acceptors (Lipinski definition) is 7. The van der Waals surface area contributed by atoms with Gasteiger partial charge in [0.25, 0.3) is 0 Å². The van der Waals surface area contributed by atoms with Crippen molar-refractivity contribution in [3.63, 3.8) is 0 Å². The summed E-state index contributed by atoms with van der Waals surface area (Å²) >= 11 is 0. The molecule has 1 saturated heterocycles. The quantitative estimate of drug-likeness (QED) is 0.888. The average Bonchev–Trinajstić information content (AvgIpc) is 2.56. The van der Waals surface area contributed by atoms with Crippen LogP contribution in [0.2, 0.25) is 0 Å². The van der Waals surface area contributed by atoms with Crippen LogP contribution in [0.15, 0.2) is 12.1 Å². The number of hydrogen-bond donors (Lipinski definition) is 2. The molecule has 0 unspecified atom stereocenters. The first-order valence-corrected chi connectivity index (χ1v) is 7.75. The summed E-state index contributed by atoms with van der Waals surface area (Å²) in [5.74, 6) is 2.25. The highest BCUT2D eigenvalue weighted by Crippen LogP contribution is 2.33. The van der Waals surface area contributed by atoms with E-state index < -0.39 is 0 Å². The van der Waals surface area contributed by atoms with Gasteiger partial charge in [-0.25, -0.2) is 4.98 Å². The van der Waals surface area contributed by atoms with Crippen LogP contribution in [0.25, 0.3) is 10.9 Å². The number of likely N-dealkylation sites (tertiary alicyclic amines) is 1. The Morgan fingerprint density at radius 3 is 2.43 bits per heavy atom. The van der Waals surface area contributed by atoms with Gasteiger partial charge in [0.2, 0.25) is 5.95 Å². The molecule has 3 rings (SSSR count). The van der Waals surface area contributed by atoms with Crippen molar-refractivity contribution in [2.24, 2.45) is 0 Å². The molecule has 124 valence electrons. The average molecular weight is 317 g/mol. The predicted molar refractivity (Wildman–Crippen MR) is 91.2 cm³/mol. The van der Waals surface area contributed by atoms with Crippen molar-refractivity contribution in [2.45, 2.75) is 18.9 Å². The van der Waals surface area contributed by atoms with Gasteiger partial charge in [-0.05, 0) is 39.0 Å². The Morgan fingerprint density at radius 2 is 1.78 bits per heavy atom. The van der Waals surface area contributed by atoms with Crippen molar-refractivity contribution >= 4 is 22.7 Å². The van der Waals surface area contributed by atoms with E-state index in [1.807, 2.05) is 12.1 Å². The van der Waals surface area contributed by atoms with E-state index >= 15 is 0 Å². The lowest BCUT2D eigenvalue weighted by atomic mass is 10.1. The number of anilines is 2. The summed E-state index contributed by atoms with van der Waals surface area (Å²) in [5.41, 5.74) is 6.84. The monoisotopic (exact) mass is 317 g/mol. The van der Waals surface area contributed by atoms with Crippen LogP contribution in [0, 0.1) is 0 Å². The zero-order valence-corrected chi connectivity index (χ0v) is 13.8. The van der Waals surface area contributed by atoms with Crippen molar-refractivity contribution in [3.05, 3.63) is 12.1 Å². The number of nitrogens with zero attached hydrogens (tertiary/aromatic N) is 3. The summed E-state index contributed by atoms with van der Waals surface area (Å²) in [6.45, 7) is 2.15. The summed E-state index contributed by atoms with van der Waals surface area (Å²) in [5, 5.41) is 4.16. The lowest BCUT2D eigenvalue weighted by Crippen LogP contribution is -2.37. The number of rotatable bonds is 4. The van der Waals surface area contributed by atoms with Crippen LogP contribution in [0.1, 0.15) is 12.8 Å². The maximum absolute atomic E-state index is 6.10. The molecule has 1 aromatic heterocycles. The molecule has 0 bridgehead atoms. The maximum atomic E-state index is 6.10. The van der Waals surface area contributed by atoms with Gasteiger partial charge in [0.05, 0.1) is 19.7 Å². The second kappa shape index (κ2) is 6.45. The van der Waals surface area contributed by atoms with Gasteiger partial charge < -0.3 is 25.4 Å². The molecule has 0 saturated carbocycles. The van der Waals surface area contributed by atoms with Crippen LogP contribution >= 0.6 is 0 Å². The molecule has 2 aromatic rings. The molecule has 0 aliphatic carbocycles. The molecule has 1 fully saturated rings. The number of nitrogens with two attached hydrogens (primary N) is 1. The molecule has 23 heavy (non-hydrogen) atoms. The molecular formula is C16H23N5O2. The number of nitrogens with one attached hydrogen (secondary N) is 1. The van der Waals surface area contributed by atoms with Crippen molar-refractivity contribution in [1.29, 1.82) is 0 Å². The van der Waals surface area contributed by atoms with Crippen LogP contribution in [-0.4, -0.2) is 55.3 Å². The van der Waals surface area contributed by atoms with Crippen molar-refractivity contribution in [2.75, 3.05) is 45.4 Å². The molecule has 7 nitrogen and oxygen atoms in total. The topological polar surface area (TPSA) is 85.5 Å². The Labute approximate surface area is 135 Å². The fourth-order valence-corrected chi connectivity index (χ4v) is 2.88. The Kier molecular flexibility index (Phi) is 4.38. The van der Waals surface area contributed by atoms with Gasteiger partial charge in [-0.3, -0.25) is 0 Å². The van der Waals surface area contributed by atoms with Gasteiger partial charge in [0.1, 0.15) is 5.82 Å². The number of methoxy groups -OCH3 is 2. The highest BCUT2D eigenvalue weighted by molar-refractivity contribution is 5.91. The Balaban J connectivity index is 1.90. The van der Waals surface area contributed by atoms with Gasteiger partial charge in [-0.1, -0.05) is 0 Å². The highest BCUT2D eigenvalue weighted by Gasteiger charge is 2.18. The van der Waals surface area contributed by atoms with Crippen LogP contribution in [0.5, 0.6) is 11.5 Å².